The summed E-state index contributed by atoms with van der Waals surface area (Å²) in [4.78, 5) is 28.9. The number of nitro benzene ring substituents is 1. The van der Waals surface area contributed by atoms with Crippen LogP contribution in [0.1, 0.15) is 6.92 Å². The summed E-state index contributed by atoms with van der Waals surface area (Å²) >= 11 is 7.34. The number of hydrogen-bond acceptors (Lipinski definition) is 6. The summed E-state index contributed by atoms with van der Waals surface area (Å²) in [5.74, 6) is -0.284. The maximum absolute atomic E-state index is 12.5. The normalized spacial score (nSPS) is 10.7. The number of ether oxygens (including phenoxy) is 1. The summed E-state index contributed by atoms with van der Waals surface area (Å²) in [5.41, 5.74) is 0.529. The van der Waals surface area contributed by atoms with E-state index in [1.807, 2.05) is 13.0 Å². The standard InChI is InChI=1S/C17H14ClN3O4S/c1-2-20(17-19-12-9-11(18)7-8-15(12)26-17)16(22)10-25-14-6-4-3-5-13(14)21(23)24/h3-9H,2,10H2,1H3. The number of rotatable bonds is 6. The topological polar surface area (TPSA) is 85.6 Å². The molecule has 0 aliphatic rings. The summed E-state index contributed by atoms with van der Waals surface area (Å²) in [6.07, 6.45) is 0. The van der Waals surface area contributed by atoms with Crippen molar-refractivity contribution in [2.75, 3.05) is 18.1 Å². The van der Waals surface area contributed by atoms with Gasteiger partial charge in [-0.05, 0) is 31.2 Å². The molecule has 9 heteroatoms. The van der Waals surface area contributed by atoms with Crippen molar-refractivity contribution >= 4 is 49.9 Å². The SMILES string of the molecule is CCN(C(=O)COc1ccccc1[N+](=O)[O-])c1nc2cc(Cl)ccc2s1. The number of halogens is 1. The number of carbonyl (C=O) groups excluding carboxylic acids is 1. The minimum atomic E-state index is -0.547. The van der Waals surface area contributed by atoms with E-state index in [9.17, 15) is 14.9 Å². The molecule has 0 unspecified atom stereocenters. The highest BCUT2D eigenvalue weighted by atomic mass is 35.5. The number of nitrogens with zero attached hydrogens (tertiary/aromatic N) is 3. The van der Waals surface area contributed by atoms with Gasteiger partial charge in [0.25, 0.3) is 5.91 Å². The van der Waals surface area contributed by atoms with Crippen molar-refractivity contribution in [1.29, 1.82) is 0 Å². The molecule has 0 fully saturated rings. The van der Waals surface area contributed by atoms with Crippen molar-refractivity contribution in [2.24, 2.45) is 0 Å². The monoisotopic (exact) mass is 391 g/mol. The molecule has 0 spiro atoms. The van der Waals surface area contributed by atoms with Crippen LogP contribution in [0.2, 0.25) is 5.02 Å². The predicted octanol–water partition coefficient (Wildman–Crippen LogP) is 4.29. The van der Waals surface area contributed by atoms with Gasteiger partial charge in [0, 0.05) is 17.6 Å². The predicted molar refractivity (Wildman–Crippen MR) is 101 cm³/mol. The Hall–Kier alpha value is -2.71. The summed E-state index contributed by atoms with van der Waals surface area (Å²) in [6.45, 7) is 1.89. The van der Waals surface area contributed by atoms with E-state index >= 15 is 0 Å². The number of para-hydroxylation sites is 2. The lowest BCUT2D eigenvalue weighted by Crippen LogP contribution is -2.34. The Morgan fingerprint density at radius 2 is 2.12 bits per heavy atom. The first kappa shape index (κ1) is 18.1. The molecule has 1 aromatic heterocycles. The van der Waals surface area contributed by atoms with Gasteiger partial charge in [-0.2, -0.15) is 0 Å². The summed E-state index contributed by atoms with van der Waals surface area (Å²) < 4.78 is 6.29. The second kappa shape index (κ2) is 7.67. The molecule has 0 aliphatic heterocycles. The highest BCUT2D eigenvalue weighted by Crippen LogP contribution is 2.31. The molecule has 1 heterocycles. The van der Waals surface area contributed by atoms with E-state index < -0.39 is 4.92 Å². The van der Waals surface area contributed by atoms with Crippen LogP contribution in [-0.2, 0) is 4.79 Å². The maximum atomic E-state index is 12.5. The van der Waals surface area contributed by atoms with E-state index in [0.29, 0.717) is 22.2 Å². The number of carbonyl (C=O) groups is 1. The van der Waals surface area contributed by atoms with E-state index in [1.165, 1.54) is 34.4 Å². The molecule has 0 aliphatic carbocycles. The number of aromatic nitrogens is 1. The Morgan fingerprint density at radius 3 is 2.85 bits per heavy atom. The van der Waals surface area contributed by atoms with E-state index in [2.05, 4.69) is 4.98 Å². The van der Waals surface area contributed by atoms with Gasteiger partial charge in [-0.15, -0.1) is 0 Å². The number of amides is 1. The molecule has 0 bridgehead atoms. The molecule has 26 heavy (non-hydrogen) atoms. The minimum Gasteiger partial charge on any atom is -0.477 e. The first-order chi connectivity index (χ1) is 12.5. The van der Waals surface area contributed by atoms with Crippen LogP contribution in [0.15, 0.2) is 42.5 Å². The Balaban J connectivity index is 1.77. The molecule has 134 valence electrons. The third-order valence-corrected chi connectivity index (χ3v) is 4.89. The number of fused-ring (bicyclic) bond motifs is 1. The highest BCUT2D eigenvalue weighted by molar-refractivity contribution is 7.22. The van der Waals surface area contributed by atoms with Crippen LogP contribution in [0.5, 0.6) is 5.75 Å². The average Bonchev–Trinajstić information content (AvgIpc) is 3.03. The molecule has 0 atom stereocenters. The van der Waals surface area contributed by atoms with Crippen LogP contribution in [0.3, 0.4) is 0 Å². The van der Waals surface area contributed by atoms with Gasteiger partial charge in [0.05, 0.1) is 15.1 Å². The zero-order chi connectivity index (χ0) is 18.7. The molecule has 0 N–H and O–H groups in total. The number of likely N-dealkylation sites (N-methyl/N-ethyl adjacent to an activating group) is 1. The molecule has 0 saturated carbocycles. The number of benzene rings is 2. The summed E-state index contributed by atoms with van der Waals surface area (Å²) in [5, 5.41) is 12.1. The van der Waals surface area contributed by atoms with Crippen LogP contribution in [-0.4, -0.2) is 29.0 Å². The van der Waals surface area contributed by atoms with Crippen molar-refractivity contribution < 1.29 is 14.5 Å². The largest absolute Gasteiger partial charge is 0.477 e. The van der Waals surface area contributed by atoms with Crippen molar-refractivity contribution in [3.05, 3.63) is 57.6 Å². The number of nitro groups is 1. The van der Waals surface area contributed by atoms with Gasteiger partial charge in [0.2, 0.25) is 0 Å². The lowest BCUT2D eigenvalue weighted by Gasteiger charge is -2.17. The lowest BCUT2D eigenvalue weighted by atomic mass is 10.3. The fraction of sp³-hybridized carbons (Fsp3) is 0.176. The van der Waals surface area contributed by atoms with Gasteiger partial charge in [-0.3, -0.25) is 19.8 Å². The van der Waals surface area contributed by atoms with E-state index in [-0.39, 0.29) is 24.0 Å². The van der Waals surface area contributed by atoms with Gasteiger partial charge in [-0.25, -0.2) is 4.98 Å². The highest BCUT2D eigenvalue weighted by Gasteiger charge is 2.21. The molecule has 0 saturated heterocycles. The van der Waals surface area contributed by atoms with Gasteiger partial charge in [0.15, 0.2) is 17.5 Å². The van der Waals surface area contributed by atoms with E-state index in [0.717, 1.165) is 4.70 Å². The van der Waals surface area contributed by atoms with Gasteiger partial charge in [-0.1, -0.05) is 35.1 Å². The molecular formula is C17H14ClN3O4S. The molecule has 7 nitrogen and oxygen atoms in total. The number of hydrogen-bond donors (Lipinski definition) is 0. The van der Waals surface area contributed by atoms with E-state index in [1.54, 1.807) is 18.2 Å². The fourth-order valence-electron chi connectivity index (χ4n) is 2.37. The Bertz CT molecular complexity index is 976. The van der Waals surface area contributed by atoms with Crippen LogP contribution < -0.4 is 9.64 Å². The van der Waals surface area contributed by atoms with E-state index in [4.69, 9.17) is 16.3 Å². The molecule has 3 rings (SSSR count). The molecule has 3 aromatic rings. The molecule has 2 aromatic carbocycles. The van der Waals surface area contributed by atoms with Crippen molar-refractivity contribution in [3.8, 4) is 5.75 Å². The third-order valence-electron chi connectivity index (χ3n) is 3.60. The fourth-order valence-corrected chi connectivity index (χ4v) is 3.56. The van der Waals surface area contributed by atoms with Gasteiger partial charge < -0.3 is 4.74 Å². The number of thiazole rings is 1. The van der Waals surface area contributed by atoms with Crippen LogP contribution in [0, 0.1) is 10.1 Å². The third kappa shape index (κ3) is 3.76. The van der Waals surface area contributed by atoms with Crippen LogP contribution >= 0.6 is 22.9 Å². The average molecular weight is 392 g/mol. The quantitative estimate of drug-likeness (QED) is 0.462. The number of anilines is 1. The minimum absolute atomic E-state index is 0.0537. The summed E-state index contributed by atoms with van der Waals surface area (Å²) in [7, 11) is 0. The second-order valence-electron chi connectivity index (χ2n) is 5.26. The zero-order valence-electron chi connectivity index (χ0n) is 13.7. The smallest absolute Gasteiger partial charge is 0.310 e. The zero-order valence-corrected chi connectivity index (χ0v) is 15.3. The molecular weight excluding hydrogens is 378 g/mol. The Morgan fingerprint density at radius 1 is 1.35 bits per heavy atom. The Labute approximate surface area is 157 Å². The van der Waals surface area contributed by atoms with Crippen LogP contribution in [0.4, 0.5) is 10.8 Å². The first-order valence-electron chi connectivity index (χ1n) is 7.72. The van der Waals surface area contributed by atoms with Crippen molar-refractivity contribution in [3.63, 3.8) is 0 Å². The van der Waals surface area contributed by atoms with Gasteiger partial charge >= 0.3 is 5.69 Å². The first-order valence-corrected chi connectivity index (χ1v) is 8.91. The van der Waals surface area contributed by atoms with Gasteiger partial charge in [0.1, 0.15) is 0 Å². The Kier molecular flexibility index (Phi) is 5.34. The van der Waals surface area contributed by atoms with Crippen molar-refractivity contribution in [1.82, 2.24) is 4.98 Å². The van der Waals surface area contributed by atoms with Crippen LogP contribution in [0.25, 0.3) is 10.2 Å². The molecule has 0 radical (unpaired) electrons. The lowest BCUT2D eigenvalue weighted by molar-refractivity contribution is -0.385. The maximum Gasteiger partial charge on any atom is 0.310 e. The summed E-state index contributed by atoms with van der Waals surface area (Å²) in [6, 6.07) is 11.3. The molecule has 1 amide bonds. The van der Waals surface area contributed by atoms with Crippen molar-refractivity contribution in [2.45, 2.75) is 6.92 Å². The second-order valence-corrected chi connectivity index (χ2v) is 6.71.